The summed E-state index contributed by atoms with van der Waals surface area (Å²) in [5, 5.41) is 3.22. The number of carbonyl (C=O) groups is 1. The molecule has 4 fully saturated rings. The molecule has 1 amide bonds. The second-order valence-electron chi connectivity index (χ2n) is 8.45. The van der Waals surface area contributed by atoms with Gasteiger partial charge < -0.3 is 19.5 Å². The Morgan fingerprint density at radius 2 is 1.75 bits per heavy atom. The van der Waals surface area contributed by atoms with Gasteiger partial charge in [0.15, 0.2) is 5.76 Å². The van der Waals surface area contributed by atoms with E-state index in [2.05, 4.69) is 33.3 Å². The van der Waals surface area contributed by atoms with Crippen molar-refractivity contribution in [1.82, 2.24) is 10.2 Å². The Morgan fingerprint density at radius 3 is 2.50 bits per heavy atom. The van der Waals surface area contributed by atoms with Crippen LogP contribution in [0.1, 0.15) is 42.7 Å². The van der Waals surface area contributed by atoms with Crippen LogP contribution in [0.2, 0.25) is 0 Å². The second-order valence-corrected chi connectivity index (χ2v) is 8.45. The van der Waals surface area contributed by atoms with Crippen molar-refractivity contribution in [2.75, 3.05) is 37.6 Å². The van der Waals surface area contributed by atoms with Gasteiger partial charge in [-0.05, 0) is 75.4 Å². The molecule has 4 aliphatic heterocycles. The average Bonchev–Trinajstić information content (AvgIpc) is 3.26. The van der Waals surface area contributed by atoms with Gasteiger partial charge in [0.25, 0.3) is 5.91 Å². The highest BCUT2D eigenvalue weighted by atomic mass is 16.4. The standard InChI is InChI=1S/C23H29N3O2/c27-23(24-19-16-25-14-10-17(19)11-15-25)22-9-8-21(28-22)18-6-2-3-7-20(18)26-12-4-1-5-13-26/h2-3,6-9,17,19H,1,4-5,10-16H2,(H,24,27). The minimum absolute atomic E-state index is 0.0829. The lowest BCUT2D eigenvalue weighted by atomic mass is 9.84. The SMILES string of the molecule is O=C(NC1CN2CCC1CC2)c1ccc(-c2ccccc2N2CCCCC2)o1. The summed E-state index contributed by atoms with van der Waals surface area (Å²) >= 11 is 0. The van der Waals surface area contributed by atoms with Gasteiger partial charge in [0.2, 0.25) is 0 Å². The number of benzene rings is 1. The number of fused-ring (bicyclic) bond motifs is 3. The van der Waals surface area contributed by atoms with Crippen LogP contribution in [-0.2, 0) is 0 Å². The summed E-state index contributed by atoms with van der Waals surface area (Å²) < 4.78 is 6.03. The maximum absolute atomic E-state index is 12.8. The fourth-order valence-corrected chi connectivity index (χ4v) is 5.07. The fraction of sp³-hybridized carbons (Fsp3) is 0.522. The van der Waals surface area contributed by atoms with E-state index in [0.717, 1.165) is 31.0 Å². The molecule has 0 radical (unpaired) electrons. The predicted octanol–water partition coefficient (Wildman–Crippen LogP) is 3.76. The van der Waals surface area contributed by atoms with Crippen molar-refractivity contribution in [2.24, 2.45) is 5.92 Å². The van der Waals surface area contributed by atoms with Crippen LogP contribution in [0.25, 0.3) is 11.3 Å². The van der Waals surface area contributed by atoms with E-state index in [1.54, 1.807) is 0 Å². The summed E-state index contributed by atoms with van der Waals surface area (Å²) in [7, 11) is 0. The Balaban J connectivity index is 1.33. The molecular weight excluding hydrogens is 350 g/mol. The van der Waals surface area contributed by atoms with E-state index in [4.69, 9.17) is 4.42 Å². The molecule has 1 N–H and O–H groups in total. The van der Waals surface area contributed by atoms with Crippen LogP contribution in [0.15, 0.2) is 40.8 Å². The lowest BCUT2D eigenvalue weighted by molar-refractivity contribution is 0.0606. The third-order valence-electron chi connectivity index (χ3n) is 6.67. The lowest BCUT2D eigenvalue weighted by Gasteiger charge is -2.44. The lowest BCUT2D eigenvalue weighted by Crippen LogP contribution is -2.57. The van der Waals surface area contributed by atoms with Crippen molar-refractivity contribution in [3.63, 3.8) is 0 Å². The highest BCUT2D eigenvalue weighted by Crippen LogP contribution is 2.34. The highest BCUT2D eigenvalue weighted by Gasteiger charge is 2.35. The van der Waals surface area contributed by atoms with Gasteiger partial charge in [-0.3, -0.25) is 4.79 Å². The molecule has 28 heavy (non-hydrogen) atoms. The van der Waals surface area contributed by atoms with Crippen LogP contribution in [0.5, 0.6) is 0 Å². The topological polar surface area (TPSA) is 48.7 Å². The Labute approximate surface area is 166 Å². The van der Waals surface area contributed by atoms with E-state index < -0.39 is 0 Å². The second kappa shape index (κ2) is 7.63. The van der Waals surface area contributed by atoms with Crippen molar-refractivity contribution in [1.29, 1.82) is 0 Å². The first-order valence-electron chi connectivity index (χ1n) is 10.8. The zero-order valence-corrected chi connectivity index (χ0v) is 16.4. The molecule has 5 nitrogen and oxygen atoms in total. The van der Waals surface area contributed by atoms with E-state index in [9.17, 15) is 4.79 Å². The van der Waals surface area contributed by atoms with Crippen molar-refractivity contribution in [3.8, 4) is 11.3 Å². The minimum Gasteiger partial charge on any atom is -0.451 e. The Morgan fingerprint density at radius 1 is 0.964 bits per heavy atom. The van der Waals surface area contributed by atoms with Crippen LogP contribution in [0.3, 0.4) is 0 Å². The minimum atomic E-state index is -0.0829. The molecule has 0 aliphatic carbocycles. The average molecular weight is 380 g/mol. The molecule has 5 heteroatoms. The van der Waals surface area contributed by atoms with E-state index in [-0.39, 0.29) is 11.9 Å². The van der Waals surface area contributed by atoms with Gasteiger partial charge in [0.1, 0.15) is 5.76 Å². The van der Waals surface area contributed by atoms with Crippen molar-refractivity contribution >= 4 is 11.6 Å². The van der Waals surface area contributed by atoms with Crippen molar-refractivity contribution in [3.05, 3.63) is 42.2 Å². The maximum Gasteiger partial charge on any atom is 0.287 e. The zero-order valence-electron chi connectivity index (χ0n) is 16.4. The Bertz CT molecular complexity index is 832. The fourth-order valence-electron chi connectivity index (χ4n) is 5.07. The molecule has 148 valence electrons. The number of hydrogen-bond donors (Lipinski definition) is 1. The van der Waals surface area contributed by atoms with E-state index in [1.165, 1.54) is 50.9 Å². The van der Waals surface area contributed by atoms with Gasteiger partial charge in [0.05, 0.1) is 0 Å². The summed E-state index contributed by atoms with van der Waals surface area (Å²) in [5.41, 5.74) is 2.28. The molecule has 1 aromatic carbocycles. The van der Waals surface area contributed by atoms with E-state index >= 15 is 0 Å². The van der Waals surface area contributed by atoms with E-state index in [0.29, 0.717) is 11.7 Å². The molecule has 4 saturated heterocycles. The first-order chi connectivity index (χ1) is 13.8. The van der Waals surface area contributed by atoms with Gasteiger partial charge in [-0.15, -0.1) is 0 Å². The number of anilines is 1. The molecule has 1 atom stereocenters. The van der Waals surface area contributed by atoms with Crippen LogP contribution in [-0.4, -0.2) is 49.6 Å². The largest absolute Gasteiger partial charge is 0.451 e. The first kappa shape index (κ1) is 17.8. The van der Waals surface area contributed by atoms with Crippen molar-refractivity contribution in [2.45, 2.75) is 38.1 Å². The molecule has 6 rings (SSSR count). The number of para-hydroxylation sites is 1. The summed E-state index contributed by atoms with van der Waals surface area (Å²) in [6, 6.07) is 12.4. The molecule has 4 aliphatic rings. The van der Waals surface area contributed by atoms with Crippen LogP contribution in [0, 0.1) is 5.92 Å². The smallest absolute Gasteiger partial charge is 0.287 e. The third kappa shape index (κ3) is 3.44. The van der Waals surface area contributed by atoms with Gasteiger partial charge in [-0.1, -0.05) is 12.1 Å². The molecule has 1 aromatic heterocycles. The van der Waals surface area contributed by atoms with Crippen molar-refractivity contribution < 1.29 is 9.21 Å². The Hall–Kier alpha value is -2.27. The molecule has 2 aromatic rings. The number of nitrogens with zero attached hydrogens (tertiary/aromatic N) is 2. The van der Waals surface area contributed by atoms with Gasteiger partial charge in [0, 0.05) is 36.9 Å². The number of piperidine rings is 4. The number of nitrogens with one attached hydrogen (secondary N) is 1. The number of rotatable bonds is 4. The van der Waals surface area contributed by atoms with Gasteiger partial charge in [-0.2, -0.15) is 0 Å². The molecule has 0 saturated carbocycles. The summed E-state index contributed by atoms with van der Waals surface area (Å²) in [6.45, 7) is 5.50. The summed E-state index contributed by atoms with van der Waals surface area (Å²) in [6.07, 6.45) is 6.16. The molecular formula is C23H29N3O2. The van der Waals surface area contributed by atoms with Crippen LogP contribution < -0.4 is 10.2 Å². The van der Waals surface area contributed by atoms with Crippen LogP contribution in [0.4, 0.5) is 5.69 Å². The summed E-state index contributed by atoms with van der Waals surface area (Å²) in [4.78, 5) is 17.7. The summed E-state index contributed by atoms with van der Waals surface area (Å²) in [5.74, 6) is 1.73. The monoisotopic (exact) mass is 379 g/mol. The molecule has 5 heterocycles. The molecule has 2 bridgehead atoms. The number of hydrogen-bond acceptors (Lipinski definition) is 4. The normalized spacial score (nSPS) is 27.0. The molecule has 1 unspecified atom stereocenters. The third-order valence-corrected chi connectivity index (χ3v) is 6.67. The van der Waals surface area contributed by atoms with Gasteiger partial charge >= 0.3 is 0 Å². The number of furan rings is 1. The maximum atomic E-state index is 12.8. The van der Waals surface area contributed by atoms with Crippen LogP contribution >= 0.6 is 0 Å². The zero-order chi connectivity index (χ0) is 18.9. The Kier molecular flexibility index (Phi) is 4.85. The number of amides is 1. The predicted molar refractivity (Wildman–Crippen MR) is 111 cm³/mol. The first-order valence-corrected chi connectivity index (χ1v) is 10.8. The quantitative estimate of drug-likeness (QED) is 0.879. The van der Waals surface area contributed by atoms with E-state index in [1.807, 2.05) is 18.2 Å². The van der Waals surface area contributed by atoms with Gasteiger partial charge in [-0.25, -0.2) is 0 Å². The molecule has 0 spiro atoms. The highest BCUT2D eigenvalue weighted by molar-refractivity contribution is 5.92. The number of carbonyl (C=O) groups excluding carboxylic acids is 1.